The lowest BCUT2D eigenvalue weighted by Crippen LogP contribution is -2.30. The minimum atomic E-state index is -0.811. The molecular weight excluding hydrogens is 997 g/mol. The molecule has 6 nitrogen and oxygen atoms in total. The molecule has 0 aliphatic heterocycles. The van der Waals surface area contributed by atoms with Crippen molar-refractivity contribution in [2.45, 2.75) is 284 Å². The molecule has 0 saturated carbocycles. The van der Waals surface area contributed by atoms with Crippen LogP contribution in [0, 0.1) is 0 Å². The Kier molecular flexibility index (Phi) is 63.4. The topological polar surface area (TPSA) is 78.9 Å². The maximum Gasteiger partial charge on any atom is 0.306 e. The average Bonchev–Trinajstić information content (AvgIpc) is 3.47. The predicted molar refractivity (Wildman–Crippen MR) is 352 cm³/mol. The normalized spacial score (nSPS) is 13.2. The summed E-state index contributed by atoms with van der Waals surface area (Å²) in [4.78, 5) is 38.3. The maximum atomic E-state index is 12.9. The van der Waals surface area contributed by atoms with E-state index < -0.39 is 6.10 Å². The van der Waals surface area contributed by atoms with E-state index in [1.165, 1.54) is 77.0 Å². The molecule has 0 spiro atoms. The van der Waals surface area contributed by atoms with Gasteiger partial charge in [0.1, 0.15) is 13.2 Å². The van der Waals surface area contributed by atoms with Crippen LogP contribution in [-0.4, -0.2) is 37.2 Å². The van der Waals surface area contributed by atoms with Gasteiger partial charge in [-0.3, -0.25) is 14.4 Å². The van der Waals surface area contributed by atoms with E-state index in [0.29, 0.717) is 25.7 Å². The Morgan fingerprint density at radius 2 is 0.481 bits per heavy atom. The molecule has 81 heavy (non-hydrogen) atoms. The van der Waals surface area contributed by atoms with Crippen molar-refractivity contribution < 1.29 is 28.6 Å². The molecule has 1 unspecified atom stereocenters. The summed E-state index contributed by atoms with van der Waals surface area (Å²) in [7, 11) is 0. The monoisotopic (exact) mass is 1120 g/mol. The van der Waals surface area contributed by atoms with Crippen LogP contribution < -0.4 is 0 Å². The van der Waals surface area contributed by atoms with Crippen LogP contribution in [0.2, 0.25) is 0 Å². The van der Waals surface area contributed by atoms with Crippen molar-refractivity contribution in [1.82, 2.24) is 0 Å². The van der Waals surface area contributed by atoms with Crippen molar-refractivity contribution in [3.8, 4) is 0 Å². The Balaban J connectivity index is 4.41. The summed E-state index contributed by atoms with van der Waals surface area (Å²) in [6, 6.07) is 0. The van der Waals surface area contributed by atoms with Gasteiger partial charge in [-0.15, -0.1) is 0 Å². The lowest BCUT2D eigenvalue weighted by molar-refractivity contribution is -0.167. The van der Waals surface area contributed by atoms with Crippen LogP contribution in [0.5, 0.6) is 0 Å². The first kappa shape index (κ1) is 76.0. The summed E-state index contributed by atoms with van der Waals surface area (Å²) < 4.78 is 16.9. The lowest BCUT2D eigenvalue weighted by Gasteiger charge is -2.18. The third-order valence-corrected chi connectivity index (χ3v) is 13.5. The zero-order valence-corrected chi connectivity index (χ0v) is 52.2. The number of rotatable bonds is 58. The zero-order valence-electron chi connectivity index (χ0n) is 52.2. The minimum Gasteiger partial charge on any atom is -0.462 e. The summed E-state index contributed by atoms with van der Waals surface area (Å²) in [6.45, 7) is 6.37. The minimum absolute atomic E-state index is 0.102. The maximum absolute atomic E-state index is 12.9. The van der Waals surface area contributed by atoms with E-state index in [4.69, 9.17) is 14.2 Å². The zero-order chi connectivity index (χ0) is 58.5. The molecule has 456 valence electrons. The summed E-state index contributed by atoms with van der Waals surface area (Å²) in [5.41, 5.74) is 0. The van der Waals surface area contributed by atoms with Gasteiger partial charge in [-0.2, -0.15) is 0 Å². The molecule has 0 bridgehead atoms. The van der Waals surface area contributed by atoms with Crippen LogP contribution in [0.15, 0.2) is 158 Å². The molecule has 0 radical (unpaired) electrons. The highest BCUT2D eigenvalue weighted by Gasteiger charge is 2.19. The van der Waals surface area contributed by atoms with Crippen LogP contribution in [0.25, 0.3) is 0 Å². The fourth-order valence-corrected chi connectivity index (χ4v) is 8.66. The van der Waals surface area contributed by atoms with Gasteiger partial charge < -0.3 is 14.2 Å². The van der Waals surface area contributed by atoms with Gasteiger partial charge in [-0.05, 0) is 128 Å². The highest BCUT2D eigenvalue weighted by atomic mass is 16.6. The van der Waals surface area contributed by atoms with Crippen LogP contribution >= 0.6 is 0 Å². The molecule has 0 heterocycles. The Bertz CT molecular complexity index is 1810. The third kappa shape index (κ3) is 65.7. The Morgan fingerprint density at radius 1 is 0.259 bits per heavy atom. The number of carbonyl (C=O) groups is 3. The summed E-state index contributed by atoms with van der Waals surface area (Å²) in [6.07, 6.45) is 98.3. The number of hydrogen-bond acceptors (Lipinski definition) is 6. The fourth-order valence-electron chi connectivity index (χ4n) is 8.66. The largest absolute Gasteiger partial charge is 0.462 e. The van der Waals surface area contributed by atoms with E-state index in [1.807, 2.05) is 0 Å². The van der Waals surface area contributed by atoms with Crippen molar-refractivity contribution in [3.63, 3.8) is 0 Å². The molecule has 0 aromatic heterocycles. The SMILES string of the molecule is CC/C=C\C/C=C\C/C=C\C/C=C\C/C=C\C/C=C\C/C=C\C/C=C\C/C=C\C/C=C\CCCCC(=O)OCC(COC(=O)CCCCCCCCCCCCCCCCC)OC(=O)CCCCCCC/C=C\C/C=C\C/C=C\CC. The fraction of sp³-hybridized carbons (Fsp3) is 0.613. The second-order valence-electron chi connectivity index (χ2n) is 21.3. The van der Waals surface area contributed by atoms with E-state index in [9.17, 15) is 14.4 Å². The second kappa shape index (κ2) is 67.5. The quantitative estimate of drug-likeness (QED) is 0.0261. The Morgan fingerprint density at radius 3 is 0.778 bits per heavy atom. The first-order chi connectivity index (χ1) is 40.0. The van der Waals surface area contributed by atoms with Gasteiger partial charge in [0.25, 0.3) is 0 Å². The van der Waals surface area contributed by atoms with Crippen LogP contribution in [0.4, 0.5) is 0 Å². The average molecular weight is 1120 g/mol. The van der Waals surface area contributed by atoms with Gasteiger partial charge in [0.15, 0.2) is 6.10 Å². The van der Waals surface area contributed by atoms with E-state index in [-0.39, 0.29) is 31.1 Å². The molecule has 0 aliphatic carbocycles. The van der Waals surface area contributed by atoms with E-state index in [1.54, 1.807) is 0 Å². The van der Waals surface area contributed by atoms with Gasteiger partial charge in [-0.25, -0.2) is 0 Å². The van der Waals surface area contributed by atoms with E-state index in [2.05, 4.69) is 179 Å². The number of allylic oxidation sites excluding steroid dienone is 26. The molecular formula is C75H120O6. The second-order valence-corrected chi connectivity index (χ2v) is 21.3. The van der Waals surface area contributed by atoms with Crippen molar-refractivity contribution >= 4 is 17.9 Å². The van der Waals surface area contributed by atoms with Crippen molar-refractivity contribution in [3.05, 3.63) is 158 Å². The summed E-state index contributed by atoms with van der Waals surface area (Å²) in [5, 5.41) is 0. The van der Waals surface area contributed by atoms with Gasteiger partial charge in [0, 0.05) is 19.3 Å². The van der Waals surface area contributed by atoms with Crippen LogP contribution in [-0.2, 0) is 28.6 Å². The van der Waals surface area contributed by atoms with Crippen molar-refractivity contribution in [2.24, 2.45) is 0 Å². The molecule has 0 rings (SSSR count). The third-order valence-electron chi connectivity index (χ3n) is 13.5. The molecule has 0 aromatic carbocycles. The highest BCUT2D eigenvalue weighted by Crippen LogP contribution is 2.15. The molecule has 0 aliphatic rings. The first-order valence-electron chi connectivity index (χ1n) is 33.0. The van der Waals surface area contributed by atoms with Crippen LogP contribution in [0.3, 0.4) is 0 Å². The van der Waals surface area contributed by atoms with Gasteiger partial charge in [0.05, 0.1) is 0 Å². The van der Waals surface area contributed by atoms with E-state index >= 15 is 0 Å². The van der Waals surface area contributed by atoms with Crippen molar-refractivity contribution in [2.75, 3.05) is 13.2 Å². The smallest absolute Gasteiger partial charge is 0.306 e. The molecule has 0 saturated heterocycles. The number of unbranched alkanes of at least 4 members (excludes halogenated alkanes) is 21. The number of esters is 3. The molecule has 0 N–H and O–H groups in total. The molecule has 1 atom stereocenters. The van der Waals surface area contributed by atoms with E-state index in [0.717, 1.165) is 154 Å². The van der Waals surface area contributed by atoms with Gasteiger partial charge in [-0.1, -0.05) is 288 Å². The highest BCUT2D eigenvalue weighted by molar-refractivity contribution is 5.71. The summed E-state index contributed by atoms with van der Waals surface area (Å²) >= 11 is 0. The Hall–Kier alpha value is -4.97. The van der Waals surface area contributed by atoms with Gasteiger partial charge in [0.2, 0.25) is 0 Å². The Labute approximate surface area is 499 Å². The number of carbonyl (C=O) groups excluding carboxylic acids is 3. The van der Waals surface area contributed by atoms with Crippen LogP contribution in [0.1, 0.15) is 278 Å². The molecule has 6 heteroatoms. The predicted octanol–water partition coefficient (Wildman–Crippen LogP) is 22.9. The molecule has 0 amide bonds. The number of hydrogen-bond donors (Lipinski definition) is 0. The number of ether oxygens (including phenoxy) is 3. The standard InChI is InChI=1S/C75H120O6/c1-4-7-10-13-16-19-22-25-28-29-30-31-32-33-34-35-36-37-38-39-40-41-42-43-44-45-48-50-53-56-59-62-65-68-74(77)80-71-72(81-75(78)69-66-63-60-57-54-51-47-27-24-21-18-15-12-9-6-3)70-79-73(76)67-64-61-58-55-52-49-46-26-23-20-17-14-11-8-5-2/h7,9-10,12,16,18-19,21,25,27-28,30-31,33-34,36-37,39-40,42-43,45,47-48,53,56,72H,4-6,8,11,13-15,17,20,22-24,26,29,32,35,38,41,44,46,49-52,54-55,57-71H2,1-3H3/b10-7-,12-9-,19-16-,21-18-,28-25-,31-30-,34-33-,37-36-,40-39-,43-42-,47-27-,48-45-,56-53-. The van der Waals surface area contributed by atoms with Gasteiger partial charge >= 0.3 is 17.9 Å². The lowest BCUT2D eigenvalue weighted by atomic mass is 10.0. The molecule has 0 fully saturated rings. The first-order valence-corrected chi connectivity index (χ1v) is 33.0. The molecule has 0 aromatic rings. The summed E-state index contributed by atoms with van der Waals surface area (Å²) in [5.74, 6) is -0.965. The van der Waals surface area contributed by atoms with Crippen molar-refractivity contribution in [1.29, 1.82) is 0 Å².